The van der Waals surface area contributed by atoms with Gasteiger partial charge in [-0.2, -0.15) is 4.99 Å². The molecule has 4 N–H and O–H groups in total. The fourth-order valence-electron chi connectivity index (χ4n) is 2.89. The molecule has 1 aromatic rings. The van der Waals surface area contributed by atoms with Gasteiger partial charge >= 0.3 is 12.1 Å². The van der Waals surface area contributed by atoms with Crippen molar-refractivity contribution >= 4 is 34.8 Å². The van der Waals surface area contributed by atoms with Gasteiger partial charge in [0.2, 0.25) is 0 Å². The van der Waals surface area contributed by atoms with Crippen LogP contribution in [0.4, 0.5) is 10.5 Å². The van der Waals surface area contributed by atoms with Crippen LogP contribution in [0.2, 0.25) is 0 Å². The molecule has 0 radical (unpaired) electrons. The number of amides is 1. The van der Waals surface area contributed by atoms with Crippen molar-refractivity contribution in [2.24, 2.45) is 4.99 Å². The molecule has 2 atom stereocenters. The second-order valence-electron chi connectivity index (χ2n) is 6.33. The molecule has 1 aromatic carbocycles. The Morgan fingerprint density at radius 1 is 1.50 bits per heavy atom. The quantitative estimate of drug-likeness (QED) is 0.358. The minimum absolute atomic E-state index is 0.0749. The van der Waals surface area contributed by atoms with Crippen LogP contribution in [0.1, 0.15) is 29.8 Å². The van der Waals surface area contributed by atoms with E-state index in [-0.39, 0.29) is 18.2 Å². The first-order chi connectivity index (χ1) is 11.2. The largest absolute Gasteiger partial charge is 0.616 e. The third-order valence-electron chi connectivity index (χ3n) is 4.31. The Morgan fingerprint density at radius 3 is 2.88 bits per heavy atom. The summed E-state index contributed by atoms with van der Waals surface area (Å²) in [4.78, 5) is 26.6. The number of anilines is 1. The highest BCUT2D eigenvalue weighted by atomic mass is 32.2. The van der Waals surface area contributed by atoms with E-state index in [1.54, 1.807) is 32.0 Å². The van der Waals surface area contributed by atoms with E-state index in [0.717, 1.165) is 0 Å². The van der Waals surface area contributed by atoms with E-state index in [1.807, 2.05) is 0 Å². The summed E-state index contributed by atoms with van der Waals surface area (Å²) in [7, 11) is 0. The van der Waals surface area contributed by atoms with Crippen molar-refractivity contribution in [2.75, 3.05) is 18.1 Å². The topological polar surface area (TPSA) is 137 Å². The number of esters is 1. The molecule has 128 valence electrons. The summed E-state index contributed by atoms with van der Waals surface area (Å²) in [6.45, 7) is 3.22. The molecular formula is C15H17N3O5S. The smallest absolute Gasteiger partial charge is 0.433 e. The second-order valence-corrected chi connectivity index (χ2v) is 8.33. The van der Waals surface area contributed by atoms with Gasteiger partial charge in [0.05, 0.1) is 5.56 Å². The van der Waals surface area contributed by atoms with Crippen LogP contribution in [0, 0.1) is 0 Å². The minimum atomic E-state index is -1.45. The molecule has 1 spiro atoms. The number of fused-ring (bicyclic) bond motifs is 2. The normalized spacial score (nSPS) is 29.7. The van der Waals surface area contributed by atoms with Crippen LogP contribution in [-0.4, -0.2) is 44.7 Å². The molecular weight excluding hydrogens is 334 g/mol. The van der Waals surface area contributed by atoms with Crippen molar-refractivity contribution in [2.45, 2.75) is 24.1 Å². The van der Waals surface area contributed by atoms with E-state index in [1.165, 1.54) is 0 Å². The summed E-state index contributed by atoms with van der Waals surface area (Å²) in [6, 6.07) is 4.75. The molecule has 1 amide bonds. The third kappa shape index (κ3) is 2.49. The van der Waals surface area contributed by atoms with Gasteiger partial charge in [0, 0.05) is 11.3 Å². The van der Waals surface area contributed by atoms with Crippen LogP contribution in [-0.2, 0) is 21.5 Å². The van der Waals surface area contributed by atoms with Gasteiger partial charge in [0.1, 0.15) is 17.9 Å². The highest BCUT2D eigenvalue weighted by Crippen LogP contribution is 2.39. The van der Waals surface area contributed by atoms with Crippen molar-refractivity contribution in [1.82, 2.24) is 5.32 Å². The lowest BCUT2D eigenvalue weighted by Gasteiger charge is -2.47. The molecule has 2 aliphatic heterocycles. The van der Waals surface area contributed by atoms with Gasteiger partial charge in [-0.3, -0.25) is 0 Å². The SMILES string of the molecule is CC1(C)C(=NC(=O)O)NC2(COC(=O)c3ccc(N)cc32)C[S+]1[O-]. The van der Waals surface area contributed by atoms with Crippen molar-refractivity contribution in [3.05, 3.63) is 29.3 Å². The molecule has 3 rings (SSSR count). The van der Waals surface area contributed by atoms with E-state index in [9.17, 15) is 14.1 Å². The summed E-state index contributed by atoms with van der Waals surface area (Å²) in [5.41, 5.74) is 6.12. The maximum atomic E-state index is 12.8. The first-order valence-electron chi connectivity index (χ1n) is 7.22. The summed E-state index contributed by atoms with van der Waals surface area (Å²) >= 11 is -1.45. The number of amidine groups is 1. The molecule has 0 aliphatic carbocycles. The van der Waals surface area contributed by atoms with E-state index >= 15 is 0 Å². The fraction of sp³-hybridized carbons (Fsp3) is 0.400. The van der Waals surface area contributed by atoms with Crippen LogP contribution in [0.3, 0.4) is 0 Å². The predicted octanol–water partition coefficient (Wildman–Crippen LogP) is 0.841. The van der Waals surface area contributed by atoms with Crippen molar-refractivity contribution < 1.29 is 24.0 Å². The number of rotatable bonds is 0. The van der Waals surface area contributed by atoms with Gasteiger partial charge in [0.15, 0.2) is 10.6 Å². The number of benzene rings is 1. The molecule has 24 heavy (non-hydrogen) atoms. The average molecular weight is 351 g/mol. The highest BCUT2D eigenvalue weighted by molar-refractivity contribution is 7.93. The number of nitrogens with two attached hydrogens (primary N) is 1. The summed E-state index contributed by atoms with van der Waals surface area (Å²) < 4.78 is 17.0. The fourth-order valence-corrected chi connectivity index (χ4v) is 4.32. The van der Waals surface area contributed by atoms with E-state index in [0.29, 0.717) is 16.8 Å². The number of hydrogen-bond acceptors (Lipinski definition) is 5. The van der Waals surface area contributed by atoms with Gasteiger partial charge in [-0.05, 0) is 43.2 Å². The Balaban J connectivity index is 2.15. The highest BCUT2D eigenvalue weighted by Gasteiger charge is 2.55. The lowest BCUT2D eigenvalue weighted by Crippen LogP contribution is -2.68. The molecule has 9 heteroatoms. The number of nitrogen functional groups attached to an aromatic ring is 1. The molecule has 8 nitrogen and oxygen atoms in total. The van der Waals surface area contributed by atoms with Crippen molar-refractivity contribution in [1.29, 1.82) is 0 Å². The zero-order valence-electron chi connectivity index (χ0n) is 13.2. The van der Waals surface area contributed by atoms with Gasteiger partial charge in [-0.15, -0.1) is 0 Å². The summed E-state index contributed by atoms with van der Waals surface area (Å²) in [5.74, 6) is -0.279. The Kier molecular flexibility index (Phi) is 3.72. The standard InChI is InChI=1S/C15H17N3O5S/c1-14(2)12(17-13(20)21)18-15(7-24(14)22)6-23-11(19)9-4-3-8(16)5-10(9)15/h3-5H,6-7,16H2,1-2H3,(H,17,18)(H,20,21). The second kappa shape index (κ2) is 5.38. The molecule has 2 aliphatic rings. The number of nitrogens with one attached hydrogen (secondary N) is 1. The van der Waals surface area contributed by atoms with Crippen molar-refractivity contribution in [3.63, 3.8) is 0 Å². The number of ether oxygens (including phenoxy) is 1. The molecule has 0 aromatic heterocycles. The third-order valence-corrected chi connectivity index (χ3v) is 6.40. The Labute approximate surface area is 141 Å². The number of carbonyl (C=O) groups is 2. The summed E-state index contributed by atoms with van der Waals surface area (Å²) in [6.07, 6.45) is -1.39. The van der Waals surface area contributed by atoms with E-state index in [4.69, 9.17) is 15.6 Å². The van der Waals surface area contributed by atoms with Gasteiger partial charge < -0.3 is 25.4 Å². The Hall–Kier alpha value is -2.26. The van der Waals surface area contributed by atoms with Gasteiger partial charge in [-0.1, -0.05) is 0 Å². The predicted molar refractivity (Wildman–Crippen MR) is 88.5 cm³/mol. The first kappa shape index (κ1) is 16.6. The monoisotopic (exact) mass is 351 g/mol. The van der Waals surface area contributed by atoms with Crippen LogP contribution in [0.5, 0.6) is 0 Å². The summed E-state index contributed by atoms with van der Waals surface area (Å²) in [5, 5.41) is 12.1. The Morgan fingerprint density at radius 2 is 2.21 bits per heavy atom. The van der Waals surface area contributed by atoms with Crippen molar-refractivity contribution in [3.8, 4) is 0 Å². The maximum absolute atomic E-state index is 12.8. The number of nitrogens with zero attached hydrogens (tertiary/aromatic N) is 1. The molecule has 1 fully saturated rings. The van der Waals surface area contributed by atoms with Gasteiger partial charge in [0.25, 0.3) is 0 Å². The maximum Gasteiger partial charge on any atom is 0.433 e. The molecule has 1 saturated heterocycles. The van der Waals surface area contributed by atoms with Crippen LogP contribution in [0.25, 0.3) is 0 Å². The molecule has 2 heterocycles. The van der Waals surface area contributed by atoms with Gasteiger partial charge in [-0.25, -0.2) is 9.59 Å². The number of aliphatic imine (C=N–C) groups is 1. The van der Waals surface area contributed by atoms with E-state index < -0.39 is 33.5 Å². The van der Waals surface area contributed by atoms with E-state index in [2.05, 4.69) is 10.3 Å². The number of cyclic esters (lactones) is 1. The molecule has 0 saturated carbocycles. The van der Waals surface area contributed by atoms with Crippen LogP contribution < -0.4 is 11.1 Å². The average Bonchev–Trinajstić information content (AvgIpc) is 2.49. The van der Waals surface area contributed by atoms with Crippen LogP contribution >= 0.6 is 0 Å². The Bertz CT molecular complexity index is 763. The lowest BCUT2D eigenvalue weighted by molar-refractivity contribution is 0.0336. The number of hydrogen-bond donors (Lipinski definition) is 3. The zero-order chi connectivity index (χ0) is 17.7. The zero-order valence-corrected chi connectivity index (χ0v) is 14.0. The number of carbonyl (C=O) groups excluding carboxylic acids is 1. The lowest BCUT2D eigenvalue weighted by atomic mass is 9.85. The first-order valence-corrected chi connectivity index (χ1v) is 8.53. The van der Waals surface area contributed by atoms with Crippen LogP contribution in [0.15, 0.2) is 23.2 Å². The minimum Gasteiger partial charge on any atom is -0.616 e. The molecule has 2 unspecified atom stereocenters. The molecule has 0 bridgehead atoms. The number of carboxylic acid groups (broad SMARTS) is 1.